The number of ether oxygens (including phenoxy) is 2. The molecule has 2 aromatic rings. The molecular formula is C21H25N3O5. The maximum atomic E-state index is 11.3. The van der Waals surface area contributed by atoms with Crippen LogP contribution in [-0.4, -0.2) is 34.7 Å². The summed E-state index contributed by atoms with van der Waals surface area (Å²) in [6, 6.07) is 7.49. The minimum atomic E-state index is -1.02. The fraction of sp³-hybridized carbons (Fsp3) is 0.381. The Morgan fingerprint density at radius 3 is 2.79 bits per heavy atom. The number of nitrogens with zero attached hydrogens (tertiary/aromatic N) is 1. The van der Waals surface area contributed by atoms with Crippen LogP contribution in [0.25, 0.3) is 11.1 Å². The summed E-state index contributed by atoms with van der Waals surface area (Å²) in [5, 5.41) is 13.9. The first-order valence-corrected chi connectivity index (χ1v) is 9.47. The molecule has 8 heteroatoms. The number of rotatable bonds is 7. The standard InChI is InChI=1S/C21H25N3O5/c1-12(6-13(2)23-21(26)27)10-28-16-4-5-17-15(7-16)11-29-19-9-22-20(8-18(17)19)24-14(3)25/h4-5,7-9,12-13,23H,6,10-11H2,1-3H3,(H,26,27)(H,22,24,25)/t12-,13?/m0/s1. The highest BCUT2D eigenvalue weighted by molar-refractivity contribution is 5.89. The summed E-state index contributed by atoms with van der Waals surface area (Å²) in [6.45, 7) is 6.19. The van der Waals surface area contributed by atoms with Gasteiger partial charge in [-0.05, 0) is 43.0 Å². The number of nitrogens with one attached hydrogen (secondary N) is 2. The number of carboxylic acid groups (broad SMARTS) is 1. The molecule has 1 aromatic carbocycles. The van der Waals surface area contributed by atoms with Gasteiger partial charge in [0, 0.05) is 24.1 Å². The molecule has 3 rings (SSSR count). The third-order valence-corrected chi connectivity index (χ3v) is 4.58. The van der Waals surface area contributed by atoms with Gasteiger partial charge in [-0.15, -0.1) is 0 Å². The normalized spacial score (nSPS) is 13.9. The first-order chi connectivity index (χ1) is 13.8. The molecule has 2 heterocycles. The Hall–Kier alpha value is -3.29. The lowest BCUT2D eigenvalue weighted by atomic mass is 9.97. The number of anilines is 1. The van der Waals surface area contributed by atoms with Gasteiger partial charge in [0.2, 0.25) is 5.91 Å². The first-order valence-electron chi connectivity index (χ1n) is 9.47. The molecule has 0 aliphatic carbocycles. The van der Waals surface area contributed by atoms with Gasteiger partial charge in [-0.1, -0.05) is 13.0 Å². The minimum absolute atomic E-state index is 0.133. The van der Waals surface area contributed by atoms with Crippen molar-refractivity contribution in [1.29, 1.82) is 0 Å². The van der Waals surface area contributed by atoms with E-state index in [1.807, 2.05) is 32.0 Å². The largest absolute Gasteiger partial charge is 0.493 e. The van der Waals surface area contributed by atoms with E-state index in [4.69, 9.17) is 14.6 Å². The molecule has 0 spiro atoms. The van der Waals surface area contributed by atoms with E-state index in [2.05, 4.69) is 15.6 Å². The summed E-state index contributed by atoms with van der Waals surface area (Å²) in [5.74, 6) is 1.90. The first kappa shape index (κ1) is 20.4. The molecule has 1 aliphatic heterocycles. The van der Waals surface area contributed by atoms with E-state index in [0.717, 1.165) is 22.4 Å². The number of benzene rings is 1. The lowest BCUT2D eigenvalue weighted by Crippen LogP contribution is -2.33. The number of carbonyl (C=O) groups is 2. The van der Waals surface area contributed by atoms with Crippen molar-refractivity contribution in [2.45, 2.75) is 39.8 Å². The number of carbonyl (C=O) groups excluding carboxylic acids is 1. The van der Waals surface area contributed by atoms with Gasteiger partial charge < -0.3 is 25.2 Å². The Morgan fingerprint density at radius 2 is 2.07 bits per heavy atom. The number of hydrogen-bond acceptors (Lipinski definition) is 5. The van der Waals surface area contributed by atoms with Crippen LogP contribution >= 0.6 is 0 Å². The predicted octanol–water partition coefficient (Wildman–Crippen LogP) is 3.66. The number of fused-ring (bicyclic) bond motifs is 3. The van der Waals surface area contributed by atoms with Crippen LogP contribution in [0.2, 0.25) is 0 Å². The van der Waals surface area contributed by atoms with Crippen molar-refractivity contribution in [1.82, 2.24) is 10.3 Å². The average molecular weight is 399 g/mol. The molecule has 3 N–H and O–H groups in total. The molecule has 1 unspecified atom stereocenters. The van der Waals surface area contributed by atoms with E-state index in [0.29, 0.717) is 31.2 Å². The molecular weight excluding hydrogens is 374 g/mol. The highest BCUT2D eigenvalue weighted by atomic mass is 16.5. The topological polar surface area (TPSA) is 110 Å². The van der Waals surface area contributed by atoms with E-state index in [9.17, 15) is 9.59 Å². The number of aromatic nitrogens is 1. The zero-order valence-electron chi connectivity index (χ0n) is 16.7. The second kappa shape index (κ2) is 8.81. The van der Waals surface area contributed by atoms with Gasteiger partial charge in [-0.3, -0.25) is 4.79 Å². The van der Waals surface area contributed by atoms with Crippen molar-refractivity contribution >= 4 is 17.8 Å². The van der Waals surface area contributed by atoms with Crippen molar-refractivity contribution in [3.05, 3.63) is 36.0 Å². The Kier molecular flexibility index (Phi) is 6.21. The molecule has 0 bridgehead atoms. The van der Waals surface area contributed by atoms with Crippen LogP contribution in [-0.2, 0) is 11.4 Å². The van der Waals surface area contributed by atoms with E-state index in [1.54, 1.807) is 12.3 Å². The van der Waals surface area contributed by atoms with Gasteiger partial charge in [-0.25, -0.2) is 9.78 Å². The van der Waals surface area contributed by atoms with Crippen molar-refractivity contribution < 1.29 is 24.2 Å². The molecule has 154 valence electrons. The Bertz CT molecular complexity index is 915. The Balaban J connectivity index is 1.67. The van der Waals surface area contributed by atoms with Crippen molar-refractivity contribution in [3.63, 3.8) is 0 Å². The highest BCUT2D eigenvalue weighted by Crippen LogP contribution is 2.39. The highest BCUT2D eigenvalue weighted by Gasteiger charge is 2.19. The maximum Gasteiger partial charge on any atom is 0.404 e. The smallest absolute Gasteiger partial charge is 0.404 e. The van der Waals surface area contributed by atoms with Crippen LogP contribution in [0.15, 0.2) is 30.5 Å². The zero-order chi connectivity index (χ0) is 21.0. The van der Waals surface area contributed by atoms with E-state index in [1.165, 1.54) is 6.92 Å². The third kappa shape index (κ3) is 5.37. The molecule has 0 saturated heterocycles. The fourth-order valence-electron chi connectivity index (χ4n) is 3.39. The van der Waals surface area contributed by atoms with Crippen LogP contribution in [0, 0.1) is 5.92 Å². The maximum absolute atomic E-state index is 11.3. The van der Waals surface area contributed by atoms with Gasteiger partial charge in [0.05, 0.1) is 12.8 Å². The molecule has 1 aliphatic rings. The second-order valence-corrected chi connectivity index (χ2v) is 7.36. The number of hydrogen-bond donors (Lipinski definition) is 3. The fourth-order valence-corrected chi connectivity index (χ4v) is 3.39. The van der Waals surface area contributed by atoms with E-state index >= 15 is 0 Å². The summed E-state index contributed by atoms with van der Waals surface area (Å²) in [4.78, 5) is 26.2. The van der Waals surface area contributed by atoms with Crippen LogP contribution in [0.5, 0.6) is 11.5 Å². The third-order valence-electron chi connectivity index (χ3n) is 4.58. The molecule has 8 nitrogen and oxygen atoms in total. The van der Waals surface area contributed by atoms with Gasteiger partial charge in [0.25, 0.3) is 0 Å². The summed E-state index contributed by atoms with van der Waals surface area (Å²) in [5.41, 5.74) is 2.88. The minimum Gasteiger partial charge on any atom is -0.493 e. The quantitative estimate of drug-likeness (QED) is 0.655. The van der Waals surface area contributed by atoms with Crippen LogP contribution in [0.3, 0.4) is 0 Å². The number of amides is 2. The molecule has 0 saturated carbocycles. The van der Waals surface area contributed by atoms with E-state index < -0.39 is 6.09 Å². The molecule has 2 atom stereocenters. The second-order valence-electron chi connectivity index (χ2n) is 7.36. The summed E-state index contributed by atoms with van der Waals surface area (Å²) in [6.07, 6.45) is 1.28. The van der Waals surface area contributed by atoms with Crippen LogP contribution < -0.4 is 20.1 Å². The van der Waals surface area contributed by atoms with Gasteiger partial charge in [-0.2, -0.15) is 0 Å². The Morgan fingerprint density at radius 1 is 1.28 bits per heavy atom. The molecule has 29 heavy (non-hydrogen) atoms. The molecule has 2 amide bonds. The lowest BCUT2D eigenvalue weighted by Gasteiger charge is -2.22. The van der Waals surface area contributed by atoms with Gasteiger partial charge in [0.1, 0.15) is 23.9 Å². The monoisotopic (exact) mass is 399 g/mol. The van der Waals surface area contributed by atoms with Crippen molar-refractivity contribution in [2.75, 3.05) is 11.9 Å². The summed E-state index contributed by atoms with van der Waals surface area (Å²) >= 11 is 0. The van der Waals surface area contributed by atoms with Gasteiger partial charge >= 0.3 is 6.09 Å². The molecule has 0 radical (unpaired) electrons. The predicted molar refractivity (Wildman–Crippen MR) is 108 cm³/mol. The lowest BCUT2D eigenvalue weighted by molar-refractivity contribution is -0.114. The van der Waals surface area contributed by atoms with Crippen LogP contribution in [0.4, 0.5) is 10.6 Å². The summed E-state index contributed by atoms with van der Waals surface area (Å²) < 4.78 is 11.7. The van der Waals surface area contributed by atoms with Gasteiger partial charge in [0.15, 0.2) is 0 Å². The van der Waals surface area contributed by atoms with E-state index in [-0.39, 0.29) is 17.9 Å². The van der Waals surface area contributed by atoms with Crippen LogP contribution in [0.1, 0.15) is 32.8 Å². The van der Waals surface area contributed by atoms with Crippen molar-refractivity contribution in [3.8, 4) is 22.6 Å². The summed E-state index contributed by atoms with van der Waals surface area (Å²) in [7, 11) is 0. The average Bonchev–Trinajstić information content (AvgIpc) is 2.64. The molecule has 1 aromatic heterocycles. The number of pyridine rings is 1. The SMILES string of the molecule is CC(=O)Nc1cc2c(cn1)OCc1cc(OC[C@@H](C)CC(C)NC(=O)O)ccc1-2. The Labute approximate surface area is 169 Å². The molecule has 0 fully saturated rings. The zero-order valence-corrected chi connectivity index (χ0v) is 16.7. The van der Waals surface area contributed by atoms with Crippen molar-refractivity contribution in [2.24, 2.45) is 5.92 Å².